The van der Waals surface area contributed by atoms with Crippen molar-refractivity contribution in [2.75, 3.05) is 13.1 Å². The SMILES string of the molecule is CC(C)C1CCN(C(=O)CCCC(=O)O)C1. The number of rotatable bonds is 5. The highest BCUT2D eigenvalue weighted by atomic mass is 16.4. The number of hydrogen-bond donors (Lipinski definition) is 1. The molecule has 1 saturated heterocycles. The molecule has 1 aliphatic rings. The van der Waals surface area contributed by atoms with Crippen LogP contribution in [-0.2, 0) is 9.59 Å². The Morgan fingerprint density at radius 3 is 2.56 bits per heavy atom. The predicted octanol–water partition coefficient (Wildman–Crippen LogP) is 1.75. The van der Waals surface area contributed by atoms with Crippen molar-refractivity contribution < 1.29 is 14.7 Å². The lowest BCUT2D eigenvalue weighted by molar-refractivity contribution is -0.137. The van der Waals surface area contributed by atoms with Gasteiger partial charge in [0, 0.05) is 25.9 Å². The first-order chi connectivity index (χ1) is 7.50. The molecule has 1 amide bonds. The molecule has 0 bridgehead atoms. The molecule has 4 nitrogen and oxygen atoms in total. The second-order valence-corrected chi connectivity index (χ2v) is 4.88. The minimum Gasteiger partial charge on any atom is -0.481 e. The van der Waals surface area contributed by atoms with E-state index in [9.17, 15) is 9.59 Å². The van der Waals surface area contributed by atoms with E-state index in [0.717, 1.165) is 19.5 Å². The van der Waals surface area contributed by atoms with E-state index in [4.69, 9.17) is 5.11 Å². The monoisotopic (exact) mass is 227 g/mol. The average molecular weight is 227 g/mol. The fourth-order valence-electron chi connectivity index (χ4n) is 2.11. The van der Waals surface area contributed by atoms with Crippen molar-refractivity contribution in [3.63, 3.8) is 0 Å². The van der Waals surface area contributed by atoms with Crippen LogP contribution in [0.5, 0.6) is 0 Å². The van der Waals surface area contributed by atoms with Crippen molar-refractivity contribution in [1.29, 1.82) is 0 Å². The second-order valence-electron chi connectivity index (χ2n) is 4.88. The van der Waals surface area contributed by atoms with E-state index >= 15 is 0 Å². The summed E-state index contributed by atoms with van der Waals surface area (Å²) >= 11 is 0. The van der Waals surface area contributed by atoms with Crippen LogP contribution in [0.25, 0.3) is 0 Å². The highest BCUT2D eigenvalue weighted by Gasteiger charge is 2.27. The third-order valence-electron chi connectivity index (χ3n) is 3.30. The summed E-state index contributed by atoms with van der Waals surface area (Å²) in [5.41, 5.74) is 0. The zero-order valence-corrected chi connectivity index (χ0v) is 10.1. The Labute approximate surface area is 96.6 Å². The number of carbonyl (C=O) groups excluding carboxylic acids is 1. The van der Waals surface area contributed by atoms with Gasteiger partial charge in [0.1, 0.15) is 0 Å². The molecule has 1 heterocycles. The van der Waals surface area contributed by atoms with Gasteiger partial charge in [-0.3, -0.25) is 9.59 Å². The Hall–Kier alpha value is -1.06. The summed E-state index contributed by atoms with van der Waals surface area (Å²) < 4.78 is 0. The zero-order chi connectivity index (χ0) is 12.1. The van der Waals surface area contributed by atoms with Crippen LogP contribution in [0.15, 0.2) is 0 Å². The van der Waals surface area contributed by atoms with Crippen molar-refractivity contribution in [2.24, 2.45) is 11.8 Å². The highest BCUT2D eigenvalue weighted by Crippen LogP contribution is 2.24. The van der Waals surface area contributed by atoms with Crippen molar-refractivity contribution >= 4 is 11.9 Å². The van der Waals surface area contributed by atoms with Crippen molar-refractivity contribution in [2.45, 2.75) is 39.5 Å². The average Bonchev–Trinajstić information content (AvgIpc) is 2.65. The summed E-state index contributed by atoms with van der Waals surface area (Å²) in [4.78, 5) is 23.9. The molecular formula is C12H21NO3. The summed E-state index contributed by atoms with van der Waals surface area (Å²) in [6.45, 7) is 6.06. The quantitative estimate of drug-likeness (QED) is 0.778. The van der Waals surface area contributed by atoms with Gasteiger partial charge in [-0.05, 0) is 24.7 Å². The van der Waals surface area contributed by atoms with E-state index in [2.05, 4.69) is 13.8 Å². The maximum atomic E-state index is 11.7. The lowest BCUT2D eigenvalue weighted by atomic mass is 9.95. The van der Waals surface area contributed by atoms with E-state index in [-0.39, 0.29) is 12.3 Å². The van der Waals surface area contributed by atoms with Gasteiger partial charge < -0.3 is 10.0 Å². The van der Waals surface area contributed by atoms with Gasteiger partial charge in [-0.2, -0.15) is 0 Å². The molecular weight excluding hydrogens is 206 g/mol. The summed E-state index contributed by atoms with van der Waals surface area (Å²) in [5, 5.41) is 8.48. The number of nitrogens with zero attached hydrogens (tertiary/aromatic N) is 1. The topological polar surface area (TPSA) is 57.6 Å². The van der Waals surface area contributed by atoms with Crippen LogP contribution < -0.4 is 0 Å². The van der Waals surface area contributed by atoms with Gasteiger partial charge in [0.25, 0.3) is 0 Å². The Morgan fingerprint density at radius 1 is 1.38 bits per heavy atom. The lowest BCUT2D eigenvalue weighted by Crippen LogP contribution is -2.29. The summed E-state index contributed by atoms with van der Waals surface area (Å²) in [7, 11) is 0. The van der Waals surface area contributed by atoms with Crippen LogP contribution in [0, 0.1) is 11.8 Å². The molecule has 0 aromatic rings. The van der Waals surface area contributed by atoms with Crippen molar-refractivity contribution in [1.82, 2.24) is 4.90 Å². The van der Waals surface area contributed by atoms with Gasteiger partial charge in [0.05, 0.1) is 0 Å². The minimum atomic E-state index is -0.825. The normalized spacial score (nSPS) is 20.4. The molecule has 92 valence electrons. The molecule has 0 spiro atoms. The molecule has 1 aliphatic heterocycles. The predicted molar refractivity (Wildman–Crippen MR) is 61.0 cm³/mol. The van der Waals surface area contributed by atoms with Gasteiger partial charge in [0.15, 0.2) is 0 Å². The van der Waals surface area contributed by atoms with E-state index < -0.39 is 5.97 Å². The molecule has 0 aromatic heterocycles. The van der Waals surface area contributed by atoms with E-state index in [0.29, 0.717) is 24.7 Å². The number of aliphatic carboxylic acids is 1. The van der Waals surface area contributed by atoms with E-state index in [1.807, 2.05) is 4.90 Å². The number of carboxylic acids is 1. The Balaban J connectivity index is 2.25. The van der Waals surface area contributed by atoms with Gasteiger partial charge >= 0.3 is 5.97 Å². The first-order valence-electron chi connectivity index (χ1n) is 6.00. The molecule has 0 saturated carbocycles. The molecule has 4 heteroatoms. The Morgan fingerprint density at radius 2 is 2.06 bits per heavy atom. The first-order valence-corrected chi connectivity index (χ1v) is 6.00. The second kappa shape index (κ2) is 5.87. The fourth-order valence-corrected chi connectivity index (χ4v) is 2.11. The van der Waals surface area contributed by atoms with Crippen LogP contribution in [-0.4, -0.2) is 35.0 Å². The van der Waals surface area contributed by atoms with Gasteiger partial charge in [-0.15, -0.1) is 0 Å². The zero-order valence-electron chi connectivity index (χ0n) is 10.1. The number of hydrogen-bond acceptors (Lipinski definition) is 2. The van der Waals surface area contributed by atoms with Crippen LogP contribution in [0.2, 0.25) is 0 Å². The van der Waals surface area contributed by atoms with E-state index in [1.165, 1.54) is 0 Å². The number of likely N-dealkylation sites (tertiary alicyclic amines) is 1. The van der Waals surface area contributed by atoms with E-state index in [1.54, 1.807) is 0 Å². The van der Waals surface area contributed by atoms with Crippen molar-refractivity contribution in [3.05, 3.63) is 0 Å². The summed E-state index contributed by atoms with van der Waals surface area (Å²) in [6, 6.07) is 0. The maximum absolute atomic E-state index is 11.7. The Kier molecular flexibility index (Phi) is 4.77. The number of amides is 1. The molecule has 16 heavy (non-hydrogen) atoms. The summed E-state index contributed by atoms with van der Waals surface area (Å²) in [5.74, 6) is 0.527. The fraction of sp³-hybridized carbons (Fsp3) is 0.833. The third-order valence-corrected chi connectivity index (χ3v) is 3.30. The Bertz CT molecular complexity index is 263. The van der Waals surface area contributed by atoms with Crippen LogP contribution in [0.4, 0.5) is 0 Å². The number of carbonyl (C=O) groups is 2. The molecule has 1 unspecified atom stereocenters. The van der Waals surface area contributed by atoms with Crippen LogP contribution in [0.1, 0.15) is 39.5 Å². The van der Waals surface area contributed by atoms with Crippen molar-refractivity contribution in [3.8, 4) is 0 Å². The lowest BCUT2D eigenvalue weighted by Gasteiger charge is -2.17. The number of carboxylic acid groups (broad SMARTS) is 1. The first kappa shape index (κ1) is 13.0. The summed E-state index contributed by atoms with van der Waals surface area (Å²) in [6.07, 6.45) is 2.00. The largest absolute Gasteiger partial charge is 0.481 e. The van der Waals surface area contributed by atoms with Gasteiger partial charge in [-0.1, -0.05) is 13.8 Å². The smallest absolute Gasteiger partial charge is 0.303 e. The minimum absolute atomic E-state index is 0.0905. The molecule has 0 aromatic carbocycles. The van der Waals surface area contributed by atoms with Gasteiger partial charge in [0.2, 0.25) is 5.91 Å². The molecule has 1 fully saturated rings. The third kappa shape index (κ3) is 3.83. The molecule has 1 atom stereocenters. The molecule has 0 radical (unpaired) electrons. The van der Waals surface area contributed by atoms with Gasteiger partial charge in [-0.25, -0.2) is 0 Å². The standard InChI is InChI=1S/C12H21NO3/c1-9(2)10-6-7-13(8-10)11(14)4-3-5-12(15)16/h9-10H,3-8H2,1-2H3,(H,15,16). The molecule has 1 N–H and O–H groups in total. The maximum Gasteiger partial charge on any atom is 0.303 e. The van der Waals surface area contributed by atoms with Crippen LogP contribution >= 0.6 is 0 Å². The molecule has 1 rings (SSSR count). The molecule has 0 aliphatic carbocycles. The highest BCUT2D eigenvalue weighted by molar-refractivity contribution is 5.77. The van der Waals surface area contributed by atoms with Crippen LogP contribution in [0.3, 0.4) is 0 Å².